The van der Waals surface area contributed by atoms with Crippen molar-refractivity contribution < 1.29 is 19.7 Å². The van der Waals surface area contributed by atoms with Crippen molar-refractivity contribution >= 4 is 8.07 Å². The molecule has 0 atom stereocenters. The zero-order valence-electron chi connectivity index (χ0n) is 21.4. The number of rotatable bonds is 12. The molecule has 31 heavy (non-hydrogen) atoms. The van der Waals surface area contributed by atoms with Crippen LogP contribution in [0.5, 0.6) is 0 Å². The molecule has 0 heterocycles. The smallest absolute Gasteiger partial charge is 0.147 e. The molecule has 182 valence electrons. The molecular formula is C26H50O4Si. The highest BCUT2D eigenvalue weighted by atomic mass is 28.3. The van der Waals surface area contributed by atoms with Gasteiger partial charge in [0.15, 0.2) is 0 Å². The van der Waals surface area contributed by atoms with E-state index in [9.17, 15) is 10.2 Å². The molecule has 0 aliphatic heterocycles. The third-order valence-corrected chi connectivity index (χ3v) is 11.5. The van der Waals surface area contributed by atoms with E-state index >= 15 is 0 Å². The Morgan fingerprint density at radius 1 is 0.806 bits per heavy atom. The Morgan fingerprint density at radius 3 is 1.58 bits per heavy atom. The Hall–Kier alpha value is 0.0569. The molecule has 0 aromatic heterocycles. The average molecular weight is 455 g/mol. The molecule has 4 saturated carbocycles. The van der Waals surface area contributed by atoms with Crippen LogP contribution in [0.15, 0.2) is 0 Å². The summed E-state index contributed by atoms with van der Waals surface area (Å²) in [5.74, 6) is 1.18. The predicted molar refractivity (Wildman–Crippen MR) is 130 cm³/mol. The molecule has 4 aliphatic carbocycles. The van der Waals surface area contributed by atoms with Gasteiger partial charge in [0.25, 0.3) is 0 Å². The molecule has 4 bridgehead atoms. The van der Waals surface area contributed by atoms with Gasteiger partial charge in [-0.1, -0.05) is 47.3 Å². The van der Waals surface area contributed by atoms with E-state index in [1.807, 2.05) is 0 Å². The summed E-state index contributed by atoms with van der Waals surface area (Å²) in [5, 5.41) is 24.0. The van der Waals surface area contributed by atoms with E-state index in [2.05, 4.69) is 47.3 Å². The Balaban J connectivity index is 1.95. The molecule has 4 rings (SSSR count). The van der Waals surface area contributed by atoms with Crippen molar-refractivity contribution in [1.82, 2.24) is 0 Å². The van der Waals surface area contributed by atoms with Gasteiger partial charge in [0.2, 0.25) is 0 Å². The first-order valence-corrected chi connectivity index (χ1v) is 16.8. The van der Waals surface area contributed by atoms with E-state index in [1.54, 1.807) is 0 Å². The van der Waals surface area contributed by atoms with Gasteiger partial charge in [0.05, 0.1) is 17.3 Å². The molecule has 0 spiro atoms. The summed E-state index contributed by atoms with van der Waals surface area (Å²) in [7, 11) is -1.15. The topological polar surface area (TPSA) is 58.9 Å². The van der Waals surface area contributed by atoms with Gasteiger partial charge in [-0.2, -0.15) is 0 Å². The lowest BCUT2D eigenvalue weighted by molar-refractivity contribution is -0.336. The van der Waals surface area contributed by atoms with Crippen LogP contribution in [0.4, 0.5) is 0 Å². The number of hydrogen-bond donors (Lipinski definition) is 2. The fourth-order valence-corrected chi connectivity index (χ4v) is 8.92. The van der Waals surface area contributed by atoms with Crippen LogP contribution in [0.1, 0.15) is 85.5 Å². The van der Waals surface area contributed by atoms with E-state index in [0.717, 1.165) is 64.0 Å². The Bertz CT molecular complexity index is 553. The summed E-state index contributed by atoms with van der Waals surface area (Å²) in [5.41, 5.74) is -2.05. The Morgan fingerprint density at radius 2 is 1.23 bits per heavy atom. The second kappa shape index (κ2) is 9.01. The van der Waals surface area contributed by atoms with E-state index in [1.165, 1.54) is 6.42 Å². The molecule has 2 N–H and O–H groups in total. The normalized spacial score (nSPS) is 35.7. The van der Waals surface area contributed by atoms with Crippen LogP contribution < -0.4 is 0 Å². The predicted octanol–water partition coefficient (Wildman–Crippen LogP) is 5.98. The second-order valence-electron chi connectivity index (χ2n) is 12.5. The maximum atomic E-state index is 12.0. The molecule has 0 saturated heterocycles. The lowest BCUT2D eigenvalue weighted by Crippen LogP contribution is -2.74. The van der Waals surface area contributed by atoms with Crippen LogP contribution >= 0.6 is 0 Å². The highest BCUT2D eigenvalue weighted by Gasteiger charge is 2.73. The highest BCUT2D eigenvalue weighted by Crippen LogP contribution is 2.72. The molecule has 4 fully saturated rings. The molecule has 5 heteroatoms. The van der Waals surface area contributed by atoms with Gasteiger partial charge in [-0.3, -0.25) is 0 Å². The largest absolute Gasteiger partial charge is 0.389 e. The Labute approximate surface area is 192 Å². The van der Waals surface area contributed by atoms with E-state index in [0.29, 0.717) is 11.8 Å². The van der Waals surface area contributed by atoms with Crippen molar-refractivity contribution in [3.05, 3.63) is 0 Å². The minimum Gasteiger partial charge on any atom is -0.389 e. The van der Waals surface area contributed by atoms with Crippen molar-refractivity contribution in [2.75, 3.05) is 13.4 Å². The molecule has 0 amide bonds. The second-order valence-corrected chi connectivity index (χ2v) is 18.1. The van der Waals surface area contributed by atoms with E-state index < -0.39 is 19.3 Å². The van der Waals surface area contributed by atoms with E-state index in [-0.39, 0.29) is 23.7 Å². The number of hydrogen-bond acceptors (Lipinski definition) is 4. The van der Waals surface area contributed by atoms with Crippen LogP contribution in [0.3, 0.4) is 0 Å². The van der Waals surface area contributed by atoms with Gasteiger partial charge < -0.3 is 19.7 Å². The first-order valence-electron chi connectivity index (χ1n) is 13.1. The molecular weight excluding hydrogens is 404 g/mol. The summed E-state index contributed by atoms with van der Waals surface area (Å²) < 4.78 is 12.7. The minimum absolute atomic E-state index is 0.144. The van der Waals surface area contributed by atoms with Gasteiger partial charge in [-0.25, -0.2) is 0 Å². The van der Waals surface area contributed by atoms with Crippen molar-refractivity contribution in [3.8, 4) is 0 Å². The number of ether oxygens (including phenoxy) is 2. The minimum atomic E-state index is -1.15. The van der Waals surface area contributed by atoms with Gasteiger partial charge in [0.1, 0.15) is 6.79 Å². The van der Waals surface area contributed by atoms with Gasteiger partial charge >= 0.3 is 0 Å². The molecule has 4 aliphatic rings. The molecule has 0 radical (unpaired) electrons. The van der Waals surface area contributed by atoms with Crippen LogP contribution in [0.2, 0.25) is 25.7 Å². The third kappa shape index (κ3) is 4.20. The fourth-order valence-electron chi connectivity index (χ4n) is 8.16. The van der Waals surface area contributed by atoms with Crippen LogP contribution in [-0.2, 0) is 9.47 Å². The van der Waals surface area contributed by atoms with Crippen LogP contribution in [0.25, 0.3) is 0 Å². The van der Waals surface area contributed by atoms with Gasteiger partial charge in [-0.15, -0.1) is 0 Å². The third-order valence-electron chi connectivity index (χ3n) is 9.79. The van der Waals surface area contributed by atoms with Crippen molar-refractivity contribution in [2.24, 2.45) is 22.7 Å². The van der Waals surface area contributed by atoms with Gasteiger partial charge in [0, 0.05) is 25.5 Å². The highest BCUT2D eigenvalue weighted by molar-refractivity contribution is 6.76. The van der Waals surface area contributed by atoms with Crippen molar-refractivity contribution in [3.63, 3.8) is 0 Å². The maximum Gasteiger partial charge on any atom is 0.147 e. The first-order chi connectivity index (χ1) is 14.4. The summed E-state index contributed by atoms with van der Waals surface area (Å²) in [6.45, 7) is 16.6. The van der Waals surface area contributed by atoms with Crippen molar-refractivity contribution in [2.45, 2.75) is 128 Å². The maximum absolute atomic E-state index is 12.0. The molecule has 0 aromatic carbocycles. The summed E-state index contributed by atoms with van der Waals surface area (Å²) in [6, 6.07) is 1.13. The fraction of sp³-hybridized carbons (Fsp3) is 1.00. The Kier molecular flexibility index (Phi) is 7.47. The van der Waals surface area contributed by atoms with Gasteiger partial charge in [-0.05, 0) is 75.7 Å². The van der Waals surface area contributed by atoms with E-state index in [4.69, 9.17) is 9.47 Å². The lowest BCUT2D eigenvalue weighted by atomic mass is 9.36. The average Bonchev–Trinajstić information content (AvgIpc) is 2.72. The monoisotopic (exact) mass is 454 g/mol. The molecule has 0 aromatic rings. The summed E-state index contributed by atoms with van der Waals surface area (Å²) in [4.78, 5) is 0. The molecule has 4 nitrogen and oxygen atoms in total. The standard InChI is InChI=1S/C26H50O4Si/c1-8-25(27,9-2)23-15-20-14-21(16-23)18-24(17-20,26(28,10-3)11-4)22(23)30-19-29-12-13-31(5,6)7/h20-22,27-28H,8-19H2,1-7H3. The van der Waals surface area contributed by atoms with Crippen LogP contribution in [-0.4, -0.2) is 49.0 Å². The number of aliphatic hydroxyl groups is 2. The van der Waals surface area contributed by atoms with Crippen molar-refractivity contribution in [1.29, 1.82) is 0 Å². The summed E-state index contributed by atoms with van der Waals surface area (Å²) >= 11 is 0. The lowest BCUT2D eigenvalue weighted by Gasteiger charge is -2.72. The zero-order chi connectivity index (χ0) is 23.1. The zero-order valence-corrected chi connectivity index (χ0v) is 22.4. The quantitative estimate of drug-likeness (QED) is 0.216. The summed E-state index contributed by atoms with van der Waals surface area (Å²) in [6.07, 6.45) is 8.22. The first kappa shape index (κ1) is 25.7. The van der Waals surface area contributed by atoms with Crippen LogP contribution in [0, 0.1) is 22.7 Å². The molecule has 0 unspecified atom stereocenters. The SMILES string of the molecule is CCC(O)(CC)C12CC3CC(C1)CC(C(O)(CC)CC)(C3)C2OCOCC[Si](C)(C)C.